The number of aliphatic hydroxyl groups is 1. The van der Waals surface area contributed by atoms with Crippen LogP contribution >= 0.6 is 11.8 Å². The Labute approximate surface area is 125 Å². The van der Waals surface area contributed by atoms with Crippen molar-refractivity contribution >= 4 is 11.8 Å². The van der Waals surface area contributed by atoms with Gasteiger partial charge in [0.05, 0.1) is 20.3 Å². The molecule has 0 heterocycles. The van der Waals surface area contributed by atoms with Crippen molar-refractivity contribution in [3.05, 3.63) is 23.8 Å². The van der Waals surface area contributed by atoms with Gasteiger partial charge in [-0.1, -0.05) is 0 Å². The molecule has 4 nitrogen and oxygen atoms in total. The maximum atomic E-state index is 10.3. The van der Waals surface area contributed by atoms with E-state index in [0.29, 0.717) is 18.0 Å². The minimum Gasteiger partial charge on any atom is -0.497 e. The van der Waals surface area contributed by atoms with Crippen LogP contribution in [0.15, 0.2) is 18.2 Å². The molecule has 0 fully saturated rings. The number of rotatable bonds is 8. The van der Waals surface area contributed by atoms with Gasteiger partial charge in [0.2, 0.25) is 0 Å². The molecule has 1 rings (SSSR count). The lowest BCUT2D eigenvalue weighted by molar-refractivity contribution is 0.169. The van der Waals surface area contributed by atoms with E-state index in [1.807, 2.05) is 18.2 Å². The number of thioether (sulfide) groups is 1. The Morgan fingerprint density at radius 2 is 2.00 bits per heavy atom. The van der Waals surface area contributed by atoms with E-state index in [-0.39, 0.29) is 4.75 Å². The summed E-state index contributed by atoms with van der Waals surface area (Å²) >= 11 is 1.80. The molecule has 0 saturated carbocycles. The Bertz CT molecular complexity index is 424. The van der Waals surface area contributed by atoms with E-state index in [1.165, 1.54) is 0 Å². The zero-order valence-electron chi connectivity index (χ0n) is 12.9. The maximum absolute atomic E-state index is 10.3. The highest BCUT2D eigenvalue weighted by Gasteiger charge is 2.18. The lowest BCUT2D eigenvalue weighted by Gasteiger charge is -2.24. The molecule has 1 unspecified atom stereocenters. The Balaban J connectivity index is 2.69. The monoisotopic (exact) mass is 299 g/mol. The molecule has 20 heavy (non-hydrogen) atoms. The highest BCUT2D eigenvalue weighted by Crippen LogP contribution is 2.29. The number of benzene rings is 1. The number of aliphatic hydroxyl groups excluding tert-OH is 1. The Kier molecular flexibility index (Phi) is 6.65. The van der Waals surface area contributed by atoms with E-state index in [1.54, 1.807) is 26.0 Å². The first-order valence-electron chi connectivity index (χ1n) is 6.59. The summed E-state index contributed by atoms with van der Waals surface area (Å²) in [6.45, 7) is 5.65. The lowest BCUT2D eigenvalue weighted by atomic mass is 10.1. The third kappa shape index (κ3) is 4.89. The summed E-state index contributed by atoms with van der Waals surface area (Å²) in [5.41, 5.74) is 0.737. The van der Waals surface area contributed by atoms with Crippen LogP contribution in [-0.2, 0) is 0 Å². The van der Waals surface area contributed by atoms with Crippen LogP contribution in [0, 0.1) is 0 Å². The first-order chi connectivity index (χ1) is 9.43. The predicted molar refractivity (Wildman–Crippen MR) is 85.0 cm³/mol. The second-order valence-corrected chi connectivity index (χ2v) is 6.73. The molecule has 1 aromatic rings. The fourth-order valence-corrected chi connectivity index (χ4v) is 2.04. The molecule has 1 aromatic carbocycles. The van der Waals surface area contributed by atoms with Gasteiger partial charge in [0.25, 0.3) is 0 Å². The summed E-state index contributed by atoms with van der Waals surface area (Å²) in [6, 6.07) is 5.44. The van der Waals surface area contributed by atoms with Crippen molar-refractivity contribution in [1.82, 2.24) is 5.32 Å². The molecular formula is C15H25NO3S. The van der Waals surface area contributed by atoms with Crippen LogP contribution in [0.2, 0.25) is 0 Å². The van der Waals surface area contributed by atoms with Gasteiger partial charge in [-0.2, -0.15) is 11.8 Å². The standard InChI is InChI=1S/C15H25NO3S/c1-15(2,20-5)10-16-9-13(17)12-8-11(18-3)6-7-14(12)19-4/h6-8,13,16-17H,9-10H2,1-5H3. The average Bonchev–Trinajstić information content (AvgIpc) is 2.46. The summed E-state index contributed by atoms with van der Waals surface area (Å²) in [6.07, 6.45) is 1.46. The Hall–Kier alpha value is -0.910. The van der Waals surface area contributed by atoms with Crippen molar-refractivity contribution < 1.29 is 14.6 Å². The molecule has 0 amide bonds. The molecule has 114 valence electrons. The van der Waals surface area contributed by atoms with Crippen LogP contribution < -0.4 is 14.8 Å². The SMILES string of the molecule is COc1ccc(OC)c(C(O)CNCC(C)(C)SC)c1. The van der Waals surface area contributed by atoms with E-state index >= 15 is 0 Å². The molecule has 0 aliphatic heterocycles. The quantitative estimate of drug-likeness (QED) is 0.772. The van der Waals surface area contributed by atoms with E-state index in [2.05, 4.69) is 25.4 Å². The number of hydrogen-bond donors (Lipinski definition) is 2. The summed E-state index contributed by atoms with van der Waals surface area (Å²) < 4.78 is 10.6. The van der Waals surface area contributed by atoms with Gasteiger partial charge in [0.1, 0.15) is 11.5 Å². The average molecular weight is 299 g/mol. The summed E-state index contributed by atoms with van der Waals surface area (Å²) in [7, 11) is 3.21. The minimum atomic E-state index is -0.627. The molecule has 0 bridgehead atoms. The first kappa shape index (κ1) is 17.1. The van der Waals surface area contributed by atoms with Gasteiger partial charge < -0.3 is 19.9 Å². The Morgan fingerprint density at radius 1 is 1.30 bits per heavy atom. The Morgan fingerprint density at radius 3 is 2.55 bits per heavy atom. The van der Waals surface area contributed by atoms with E-state index in [9.17, 15) is 5.11 Å². The van der Waals surface area contributed by atoms with E-state index < -0.39 is 6.10 Å². The van der Waals surface area contributed by atoms with Crippen LogP contribution in [0.5, 0.6) is 11.5 Å². The zero-order valence-corrected chi connectivity index (χ0v) is 13.7. The van der Waals surface area contributed by atoms with E-state index in [4.69, 9.17) is 9.47 Å². The highest BCUT2D eigenvalue weighted by atomic mass is 32.2. The van der Waals surface area contributed by atoms with Gasteiger partial charge in [-0.15, -0.1) is 0 Å². The van der Waals surface area contributed by atoms with Gasteiger partial charge in [-0.25, -0.2) is 0 Å². The van der Waals surface area contributed by atoms with Gasteiger partial charge in [0.15, 0.2) is 0 Å². The van der Waals surface area contributed by atoms with Gasteiger partial charge in [0, 0.05) is 23.4 Å². The van der Waals surface area contributed by atoms with Crippen LogP contribution in [0.1, 0.15) is 25.5 Å². The van der Waals surface area contributed by atoms with Crippen molar-refractivity contribution in [3.8, 4) is 11.5 Å². The number of nitrogens with one attached hydrogen (secondary N) is 1. The van der Waals surface area contributed by atoms with Crippen LogP contribution in [-0.4, -0.2) is 43.4 Å². The van der Waals surface area contributed by atoms with Crippen molar-refractivity contribution in [2.24, 2.45) is 0 Å². The van der Waals surface area contributed by atoms with Crippen LogP contribution in [0.25, 0.3) is 0 Å². The summed E-state index contributed by atoms with van der Waals surface area (Å²) in [5, 5.41) is 13.6. The largest absolute Gasteiger partial charge is 0.497 e. The third-order valence-electron chi connectivity index (χ3n) is 3.24. The molecule has 0 aromatic heterocycles. The fourth-order valence-electron chi connectivity index (χ4n) is 1.79. The zero-order chi connectivity index (χ0) is 15.2. The number of methoxy groups -OCH3 is 2. The second-order valence-electron chi connectivity index (χ2n) is 5.22. The smallest absolute Gasteiger partial charge is 0.124 e. The van der Waals surface area contributed by atoms with Gasteiger partial charge in [-0.3, -0.25) is 0 Å². The summed E-state index contributed by atoms with van der Waals surface area (Å²) in [4.78, 5) is 0. The molecule has 0 spiro atoms. The van der Waals surface area contributed by atoms with Crippen LogP contribution in [0.3, 0.4) is 0 Å². The lowest BCUT2D eigenvalue weighted by Crippen LogP contribution is -2.34. The van der Waals surface area contributed by atoms with Crippen molar-refractivity contribution in [2.45, 2.75) is 24.7 Å². The fraction of sp³-hybridized carbons (Fsp3) is 0.600. The number of hydrogen-bond acceptors (Lipinski definition) is 5. The van der Waals surface area contributed by atoms with Gasteiger partial charge >= 0.3 is 0 Å². The summed E-state index contributed by atoms with van der Waals surface area (Å²) in [5.74, 6) is 1.38. The van der Waals surface area contributed by atoms with Crippen molar-refractivity contribution in [2.75, 3.05) is 33.6 Å². The molecule has 5 heteroatoms. The molecule has 2 N–H and O–H groups in total. The van der Waals surface area contributed by atoms with Crippen molar-refractivity contribution in [3.63, 3.8) is 0 Å². The topological polar surface area (TPSA) is 50.7 Å². The van der Waals surface area contributed by atoms with E-state index in [0.717, 1.165) is 12.1 Å². The predicted octanol–water partition coefficient (Wildman–Crippen LogP) is 2.47. The second kappa shape index (κ2) is 7.76. The third-order valence-corrected chi connectivity index (χ3v) is 4.49. The molecule has 0 radical (unpaired) electrons. The number of ether oxygens (including phenoxy) is 2. The van der Waals surface area contributed by atoms with Crippen molar-refractivity contribution in [1.29, 1.82) is 0 Å². The highest BCUT2D eigenvalue weighted by molar-refractivity contribution is 7.99. The van der Waals surface area contributed by atoms with Gasteiger partial charge in [-0.05, 0) is 38.3 Å². The minimum absolute atomic E-state index is 0.151. The molecule has 0 aliphatic rings. The first-order valence-corrected chi connectivity index (χ1v) is 7.82. The maximum Gasteiger partial charge on any atom is 0.124 e. The molecule has 1 atom stereocenters. The normalized spacial score (nSPS) is 13.1. The van der Waals surface area contributed by atoms with Crippen LogP contribution in [0.4, 0.5) is 0 Å². The molecule has 0 saturated heterocycles. The molecular weight excluding hydrogens is 274 g/mol. The molecule has 0 aliphatic carbocycles.